The SMILES string of the molecule is CC(C)(C)SCC(=O)NNc1ccc(C(F)(F)F)cc1[N+](=O)[O-]. The van der Waals surface area contributed by atoms with Gasteiger partial charge in [0.1, 0.15) is 5.69 Å². The minimum absolute atomic E-state index is 0.102. The van der Waals surface area contributed by atoms with Gasteiger partial charge in [0.25, 0.3) is 5.69 Å². The third kappa shape index (κ3) is 6.35. The molecular formula is C13H16F3N3O3S. The van der Waals surface area contributed by atoms with Crippen molar-refractivity contribution in [3.8, 4) is 0 Å². The molecule has 0 aromatic heterocycles. The molecule has 2 N–H and O–H groups in total. The van der Waals surface area contributed by atoms with Crippen LogP contribution in [0, 0.1) is 10.1 Å². The number of carbonyl (C=O) groups is 1. The molecule has 0 unspecified atom stereocenters. The molecule has 0 aliphatic carbocycles. The Morgan fingerprint density at radius 1 is 1.30 bits per heavy atom. The van der Waals surface area contributed by atoms with Gasteiger partial charge in [0.15, 0.2) is 0 Å². The van der Waals surface area contributed by atoms with Gasteiger partial charge >= 0.3 is 6.18 Å². The van der Waals surface area contributed by atoms with E-state index in [4.69, 9.17) is 0 Å². The Kier molecular flexibility index (Phi) is 5.86. The van der Waals surface area contributed by atoms with Gasteiger partial charge in [0.2, 0.25) is 5.91 Å². The molecule has 10 heteroatoms. The van der Waals surface area contributed by atoms with E-state index < -0.39 is 28.3 Å². The van der Waals surface area contributed by atoms with Crippen molar-refractivity contribution in [1.82, 2.24) is 5.43 Å². The van der Waals surface area contributed by atoms with E-state index >= 15 is 0 Å². The van der Waals surface area contributed by atoms with Gasteiger partial charge < -0.3 is 0 Å². The molecule has 1 amide bonds. The van der Waals surface area contributed by atoms with Gasteiger partial charge in [-0.3, -0.25) is 25.8 Å². The molecule has 0 heterocycles. The number of nitro benzene ring substituents is 1. The number of nitro groups is 1. The quantitative estimate of drug-likeness (QED) is 0.626. The maximum Gasteiger partial charge on any atom is 0.416 e. The number of hydrogen-bond acceptors (Lipinski definition) is 5. The number of thioether (sulfide) groups is 1. The number of alkyl halides is 3. The van der Waals surface area contributed by atoms with Crippen LogP contribution in [0.2, 0.25) is 0 Å². The first-order valence-corrected chi connectivity index (χ1v) is 7.43. The van der Waals surface area contributed by atoms with Crippen molar-refractivity contribution in [1.29, 1.82) is 0 Å². The zero-order valence-electron chi connectivity index (χ0n) is 12.7. The fourth-order valence-corrected chi connectivity index (χ4v) is 2.06. The van der Waals surface area contributed by atoms with Crippen molar-refractivity contribution < 1.29 is 22.9 Å². The Morgan fingerprint density at radius 3 is 2.39 bits per heavy atom. The molecule has 128 valence electrons. The molecule has 23 heavy (non-hydrogen) atoms. The molecule has 6 nitrogen and oxygen atoms in total. The average Bonchev–Trinajstić information content (AvgIpc) is 2.40. The molecule has 0 saturated carbocycles. The molecule has 0 bridgehead atoms. The Hall–Kier alpha value is -1.97. The number of halogens is 3. The van der Waals surface area contributed by atoms with E-state index in [1.165, 1.54) is 11.8 Å². The van der Waals surface area contributed by atoms with Gasteiger partial charge in [-0.1, -0.05) is 20.8 Å². The summed E-state index contributed by atoms with van der Waals surface area (Å²) in [6, 6.07) is 2.02. The smallest absolute Gasteiger partial charge is 0.292 e. The Morgan fingerprint density at radius 2 is 1.91 bits per heavy atom. The van der Waals surface area contributed by atoms with E-state index in [1.54, 1.807) is 0 Å². The second-order valence-corrected chi connectivity index (χ2v) is 7.36. The second kappa shape index (κ2) is 7.07. The van der Waals surface area contributed by atoms with Crippen LogP contribution in [0.4, 0.5) is 24.5 Å². The van der Waals surface area contributed by atoms with Crippen molar-refractivity contribution >= 4 is 29.0 Å². The van der Waals surface area contributed by atoms with Crippen LogP contribution in [0.5, 0.6) is 0 Å². The number of nitrogens with zero attached hydrogens (tertiary/aromatic N) is 1. The predicted molar refractivity (Wildman–Crippen MR) is 82.1 cm³/mol. The van der Waals surface area contributed by atoms with E-state index in [1.807, 2.05) is 20.8 Å². The molecule has 0 aliphatic rings. The highest BCUT2D eigenvalue weighted by Crippen LogP contribution is 2.34. The molecule has 0 fully saturated rings. The molecule has 0 atom stereocenters. The lowest BCUT2D eigenvalue weighted by molar-refractivity contribution is -0.384. The molecule has 0 radical (unpaired) electrons. The number of rotatable bonds is 5. The van der Waals surface area contributed by atoms with Gasteiger partial charge in [-0.25, -0.2) is 0 Å². The van der Waals surface area contributed by atoms with E-state index in [-0.39, 0.29) is 16.2 Å². The third-order valence-electron chi connectivity index (χ3n) is 2.49. The number of amides is 1. The average molecular weight is 351 g/mol. The Labute approximate surface area is 134 Å². The molecular weight excluding hydrogens is 335 g/mol. The molecule has 0 spiro atoms. The zero-order chi connectivity index (χ0) is 17.8. The summed E-state index contributed by atoms with van der Waals surface area (Å²) in [5.74, 6) is -0.343. The summed E-state index contributed by atoms with van der Waals surface area (Å²) in [4.78, 5) is 21.6. The molecule has 1 rings (SSSR count). The van der Waals surface area contributed by atoms with E-state index in [9.17, 15) is 28.1 Å². The van der Waals surface area contributed by atoms with Crippen molar-refractivity contribution in [2.75, 3.05) is 11.2 Å². The molecule has 0 saturated heterocycles. The number of anilines is 1. The first kappa shape index (κ1) is 19.1. The minimum atomic E-state index is -4.68. The fraction of sp³-hybridized carbons (Fsp3) is 0.462. The summed E-state index contributed by atoms with van der Waals surface area (Å²) in [7, 11) is 0. The first-order valence-electron chi connectivity index (χ1n) is 6.44. The van der Waals surface area contributed by atoms with Crippen LogP contribution < -0.4 is 10.9 Å². The highest BCUT2D eigenvalue weighted by Gasteiger charge is 2.33. The van der Waals surface area contributed by atoms with E-state index in [2.05, 4.69) is 10.9 Å². The first-order chi connectivity index (χ1) is 10.4. The van der Waals surface area contributed by atoms with Gasteiger partial charge in [-0.2, -0.15) is 13.2 Å². The monoisotopic (exact) mass is 351 g/mol. The van der Waals surface area contributed by atoms with Gasteiger partial charge in [0, 0.05) is 10.8 Å². The lowest BCUT2D eigenvalue weighted by atomic mass is 10.1. The van der Waals surface area contributed by atoms with Gasteiger partial charge in [0.05, 0.1) is 16.2 Å². The number of hydrazine groups is 1. The lowest BCUT2D eigenvalue weighted by Gasteiger charge is -2.17. The van der Waals surface area contributed by atoms with Crippen LogP contribution >= 0.6 is 11.8 Å². The van der Waals surface area contributed by atoms with Crippen LogP contribution in [-0.4, -0.2) is 21.3 Å². The van der Waals surface area contributed by atoms with E-state index in [0.717, 1.165) is 6.07 Å². The van der Waals surface area contributed by atoms with Crippen molar-refractivity contribution in [2.24, 2.45) is 0 Å². The minimum Gasteiger partial charge on any atom is -0.292 e. The Bertz CT molecular complexity index is 600. The highest BCUT2D eigenvalue weighted by molar-refractivity contribution is 8.01. The maximum atomic E-state index is 12.6. The summed E-state index contributed by atoms with van der Waals surface area (Å²) in [5, 5.41) is 10.9. The number of nitrogens with one attached hydrogen (secondary N) is 2. The molecule has 0 aliphatic heterocycles. The van der Waals surface area contributed by atoms with Crippen LogP contribution in [0.3, 0.4) is 0 Å². The predicted octanol–water partition coefficient (Wildman–Crippen LogP) is 3.59. The van der Waals surface area contributed by atoms with Crippen molar-refractivity contribution in [3.05, 3.63) is 33.9 Å². The standard InChI is InChI=1S/C13H16F3N3O3S/c1-12(2,3)23-7-11(20)18-17-9-5-4-8(13(14,15)16)6-10(9)19(21)22/h4-6,17H,7H2,1-3H3,(H,18,20). The van der Waals surface area contributed by atoms with Crippen LogP contribution in [0.1, 0.15) is 26.3 Å². The normalized spacial score (nSPS) is 11.9. The Balaban J connectivity index is 2.81. The summed E-state index contributed by atoms with van der Waals surface area (Å²) in [5.41, 5.74) is 2.38. The zero-order valence-corrected chi connectivity index (χ0v) is 13.5. The van der Waals surface area contributed by atoms with E-state index in [0.29, 0.717) is 12.1 Å². The molecule has 1 aromatic rings. The number of benzene rings is 1. The lowest BCUT2D eigenvalue weighted by Crippen LogP contribution is -2.32. The summed E-state index contributed by atoms with van der Waals surface area (Å²) in [6.07, 6.45) is -4.68. The summed E-state index contributed by atoms with van der Waals surface area (Å²) < 4.78 is 37.6. The highest BCUT2D eigenvalue weighted by atomic mass is 32.2. The third-order valence-corrected chi connectivity index (χ3v) is 3.77. The van der Waals surface area contributed by atoms with Gasteiger partial charge in [-0.15, -0.1) is 11.8 Å². The number of carbonyl (C=O) groups excluding carboxylic acids is 1. The summed E-state index contributed by atoms with van der Waals surface area (Å²) >= 11 is 1.36. The van der Waals surface area contributed by atoms with Crippen molar-refractivity contribution in [2.45, 2.75) is 31.7 Å². The fourth-order valence-electron chi connectivity index (χ4n) is 1.42. The second-order valence-electron chi connectivity index (χ2n) is 5.56. The van der Waals surface area contributed by atoms with Crippen LogP contribution in [-0.2, 0) is 11.0 Å². The maximum absolute atomic E-state index is 12.6. The van der Waals surface area contributed by atoms with Crippen LogP contribution in [0.15, 0.2) is 18.2 Å². The van der Waals surface area contributed by atoms with Gasteiger partial charge in [-0.05, 0) is 12.1 Å². The van der Waals surface area contributed by atoms with Crippen molar-refractivity contribution in [3.63, 3.8) is 0 Å². The molecule has 1 aromatic carbocycles. The van der Waals surface area contributed by atoms with Crippen LogP contribution in [0.25, 0.3) is 0 Å². The number of hydrogen-bond donors (Lipinski definition) is 2. The topological polar surface area (TPSA) is 84.3 Å². The largest absolute Gasteiger partial charge is 0.416 e. The summed E-state index contributed by atoms with van der Waals surface area (Å²) in [6.45, 7) is 5.75.